The van der Waals surface area contributed by atoms with Crippen LogP contribution in [-0.4, -0.2) is 143 Å². The molecule has 2 amide bonds. The largest absolute Gasteiger partial charge is 0.460 e. The van der Waals surface area contributed by atoms with Gasteiger partial charge in [0.2, 0.25) is 11.8 Å². The van der Waals surface area contributed by atoms with Gasteiger partial charge in [-0.2, -0.15) is 0 Å². The molecule has 294 valence electrons. The number of nitrogens with one attached hydrogen (secondary N) is 2. The fourth-order valence-corrected chi connectivity index (χ4v) is 5.88. The van der Waals surface area contributed by atoms with E-state index in [0.29, 0.717) is 5.56 Å². The maximum atomic E-state index is 13.4. The summed E-state index contributed by atoms with van der Waals surface area (Å²) in [5.74, 6) is -2.05. The maximum Gasteiger partial charge on any atom is 0.339 e. The smallest absolute Gasteiger partial charge is 0.339 e. The number of hydrogen-bond donors (Lipinski definition) is 7. The van der Waals surface area contributed by atoms with Crippen LogP contribution in [0.1, 0.15) is 62.4 Å². The molecule has 0 bridgehead atoms. The molecule has 17 heteroatoms. The number of ether oxygens (including phenoxy) is 6. The van der Waals surface area contributed by atoms with E-state index in [1.807, 2.05) is 0 Å². The lowest BCUT2D eigenvalue weighted by molar-refractivity contribution is -0.298. The van der Waals surface area contributed by atoms with Crippen LogP contribution in [0.4, 0.5) is 0 Å². The summed E-state index contributed by atoms with van der Waals surface area (Å²) in [4.78, 5) is 51.0. The number of aliphatic hydroxyl groups is 5. The molecular formula is C36H50N2O15. The van der Waals surface area contributed by atoms with E-state index < -0.39 is 91.0 Å². The van der Waals surface area contributed by atoms with Crippen molar-refractivity contribution in [3.8, 4) is 0 Å². The molecule has 2 heterocycles. The molecule has 0 aromatic heterocycles. The Labute approximate surface area is 306 Å². The van der Waals surface area contributed by atoms with Gasteiger partial charge in [0.15, 0.2) is 6.29 Å². The second kappa shape index (κ2) is 19.5. The molecule has 1 aromatic carbocycles. The molecular weight excluding hydrogens is 700 g/mol. The first-order valence-corrected chi connectivity index (χ1v) is 17.4. The quantitative estimate of drug-likeness (QED) is 0.102. The lowest BCUT2D eigenvalue weighted by Gasteiger charge is -2.39. The average Bonchev–Trinajstić information content (AvgIpc) is 3.60. The van der Waals surface area contributed by atoms with Gasteiger partial charge in [-0.3, -0.25) is 14.4 Å². The van der Waals surface area contributed by atoms with Gasteiger partial charge in [0.1, 0.15) is 55.1 Å². The number of benzene rings is 1. The van der Waals surface area contributed by atoms with Crippen LogP contribution in [0.25, 0.3) is 6.08 Å². The molecule has 1 aromatic rings. The van der Waals surface area contributed by atoms with E-state index in [4.69, 9.17) is 28.4 Å². The van der Waals surface area contributed by atoms with Gasteiger partial charge in [-0.05, 0) is 44.9 Å². The van der Waals surface area contributed by atoms with Gasteiger partial charge < -0.3 is 64.6 Å². The number of hydrogen-bond acceptors (Lipinski definition) is 15. The normalized spacial score (nSPS) is 27.7. The van der Waals surface area contributed by atoms with E-state index in [0.717, 1.165) is 0 Å². The lowest BCUT2D eigenvalue weighted by Crippen LogP contribution is -2.59. The molecule has 4 rings (SSSR count). The van der Waals surface area contributed by atoms with Crippen LogP contribution in [0.15, 0.2) is 42.0 Å². The van der Waals surface area contributed by atoms with Gasteiger partial charge in [-0.1, -0.05) is 30.4 Å². The Balaban J connectivity index is 1.28. The molecule has 1 aliphatic carbocycles. The molecule has 9 atom stereocenters. The number of rotatable bonds is 16. The number of carbonyl (C=O) groups is 4. The molecule has 7 N–H and O–H groups in total. The monoisotopic (exact) mass is 750 g/mol. The van der Waals surface area contributed by atoms with Crippen molar-refractivity contribution in [2.45, 2.75) is 107 Å². The number of esters is 2. The van der Waals surface area contributed by atoms with Crippen LogP contribution in [-0.2, 0) is 42.8 Å². The molecule has 17 nitrogen and oxygen atoms in total. The third-order valence-electron chi connectivity index (χ3n) is 8.57. The van der Waals surface area contributed by atoms with Crippen molar-refractivity contribution in [2.24, 2.45) is 0 Å². The summed E-state index contributed by atoms with van der Waals surface area (Å²) in [7, 11) is 0. The predicted molar refractivity (Wildman–Crippen MR) is 183 cm³/mol. The van der Waals surface area contributed by atoms with Crippen molar-refractivity contribution in [3.05, 3.63) is 53.1 Å². The van der Waals surface area contributed by atoms with Gasteiger partial charge >= 0.3 is 11.9 Å². The van der Waals surface area contributed by atoms with Gasteiger partial charge in [0.05, 0.1) is 31.4 Å². The Morgan fingerprint density at radius 2 is 1.77 bits per heavy atom. The second-order valence-corrected chi connectivity index (χ2v) is 13.8. The molecule has 3 aliphatic rings. The van der Waals surface area contributed by atoms with Crippen LogP contribution >= 0.6 is 0 Å². The summed E-state index contributed by atoms with van der Waals surface area (Å²) in [6.45, 7) is 4.05. The highest BCUT2D eigenvalue weighted by Crippen LogP contribution is 2.31. The lowest BCUT2D eigenvalue weighted by atomic mass is 9.91. The standard InChI is InChI=1S/C36H50N2O15/c1-36(2,3)53-28(42)11-10-22(17-39)38-27(41)12-13-37-33(46)21-15-24-32(50-19-49-24)25(16-21)51-34(47)23-9-5-4-7-20(23)8-6-14-48-35-31(45)30(44)29(43)26(18-40)52-35/h4-9,15,22,24-26,29-32,35,39-40,43-45H,10-14,16-19H2,1-3H3,(H,37,46)(H,38,41). The third-order valence-corrected chi connectivity index (χ3v) is 8.57. The zero-order chi connectivity index (χ0) is 38.7. The predicted octanol–water partition coefficient (Wildman–Crippen LogP) is -0.781. The van der Waals surface area contributed by atoms with E-state index in [1.165, 1.54) is 6.08 Å². The minimum Gasteiger partial charge on any atom is -0.460 e. The van der Waals surface area contributed by atoms with E-state index in [2.05, 4.69) is 10.6 Å². The fraction of sp³-hybridized carbons (Fsp3) is 0.611. The molecule has 9 unspecified atom stereocenters. The zero-order valence-corrected chi connectivity index (χ0v) is 29.9. The van der Waals surface area contributed by atoms with Crippen molar-refractivity contribution >= 4 is 29.8 Å². The molecule has 0 saturated carbocycles. The van der Waals surface area contributed by atoms with Crippen molar-refractivity contribution < 1.29 is 73.1 Å². The van der Waals surface area contributed by atoms with E-state index in [1.54, 1.807) is 57.2 Å². The molecule has 0 spiro atoms. The first kappa shape index (κ1) is 42.0. The molecule has 2 fully saturated rings. The average molecular weight is 751 g/mol. The van der Waals surface area contributed by atoms with Gasteiger partial charge in [0, 0.05) is 31.4 Å². The maximum absolute atomic E-state index is 13.4. The summed E-state index contributed by atoms with van der Waals surface area (Å²) in [5.41, 5.74) is 0.294. The third kappa shape index (κ3) is 12.1. The van der Waals surface area contributed by atoms with Crippen LogP contribution in [0, 0.1) is 0 Å². The SMILES string of the molecule is CC(C)(C)OC(=O)CCC(CO)NC(=O)CCNC(=O)C1=CC2OCOC2C(OC(=O)c2ccccc2C=CCOC2OC(CO)C(O)C(O)C2O)C1. The highest BCUT2D eigenvalue weighted by Gasteiger charge is 2.44. The highest BCUT2D eigenvalue weighted by molar-refractivity contribution is 5.95. The van der Waals surface area contributed by atoms with Gasteiger partial charge in [-0.15, -0.1) is 0 Å². The molecule has 2 aliphatic heterocycles. The summed E-state index contributed by atoms with van der Waals surface area (Å²) >= 11 is 0. The first-order valence-electron chi connectivity index (χ1n) is 17.4. The summed E-state index contributed by atoms with van der Waals surface area (Å²) in [6.07, 6.45) is -4.46. The van der Waals surface area contributed by atoms with Crippen molar-refractivity contribution in [3.63, 3.8) is 0 Å². The van der Waals surface area contributed by atoms with E-state index in [-0.39, 0.29) is 63.4 Å². The number of amides is 2. The van der Waals surface area contributed by atoms with Crippen LogP contribution in [0.5, 0.6) is 0 Å². The molecule has 0 radical (unpaired) electrons. The van der Waals surface area contributed by atoms with Crippen LogP contribution < -0.4 is 10.6 Å². The molecule has 2 saturated heterocycles. The van der Waals surface area contributed by atoms with E-state index >= 15 is 0 Å². The first-order chi connectivity index (χ1) is 25.2. The van der Waals surface area contributed by atoms with Crippen LogP contribution in [0.2, 0.25) is 0 Å². The van der Waals surface area contributed by atoms with Crippen molar-refractivity contribution in [2.75, 3.05) is 33.2 Å². The Hall–Kier alpha value is -3.78. The highest BCUT2D eigenvalue weighted by atomic mass is 16.7. The van der Waals surface area contributed by atoms with E-state index in [9.17, 15) is 44.7 Å². The van der Waals surface area contributed by atoms with Gasteiger partial charge in [0.25, 0.3) is 0 Å². The summed E-state index contributed by atoms with van der Waals surface area (Å²) in [5, 5.41) is 54.4. The van der Waals surface area contributed by atoms with Crippen LogP contribution in [0.3, 0.4) is 0 Å². The topological polar surface area (TPSA) is 249 Å². The summed E-state index contributed by atoms with van der Waals surface area (Å²) < 4.78 is 33.2. The summed E-state index contributed by atoms with van der Waals surface area (Å²) in [6, 6.07) is 5.91. The fourth-order valence-electron chi connectivity index (χ4n) is 5.88. The Morgan fingerprint density at radius 3 is 2.49 bits per heavy atom. The number of carbonyl (C=O) groups excluding carboxylic acids is 4. The molecule has 53 heavy (non-hydrogen) atoms. The Morgan fingerprint density at radius 1 is 1.02 bits per heavy atom. The minimum absolute atomic E-state index is 0.0104. The number of aliphatic hydroxyl groups excluding tert-OH is 5. The Bertz CT molecular complexity index is 1470. The minimum atomic E-state index is -1.58. The Kier molecular flexibility index (Phi) is 15.5. The van der Waals surface area contributed by atoms with Gasteiger partial charge in [-0.25, -0.2) is 4.79 Å². The number of fused-ring (bicyclic) bond motifs is 1. The second-order valence-electron chi connectivity index (χ2n) is 13.8. The van der Waals surface area contributed by atoms with Crippen molar-refractivity contribution in [1.29, 1.82) is 0 Å². The zero-order valence-electron chi connectivity index (χ0n) is 29.9. The van der Waals surface area contributed by atoms with Crippen molar-refractivity contribution in [1.82, 2.24) is 10.6 Å².